The first-order valence-electron chi connectivity index (χ1n) is 11.9. The molecule has 0 aliphatic carbocycles. The summed E-state index contributed by atoms with van der Waals surface area (Å²) in [6, 6.07) is 25.7. The Kier molecular flexibility index (Phi) is 8.53. The van der Waals surface area contributed by atoms with Crippen LogP contribution >= 0.6 is 11.6 Å². The van der Waals surface area contributed by atoms with Gasteiger partial charge in [-0.3, -0.25) is 19.4 Å². The molecule has 1 fully saturated rings. The van der Waals surface area contributed by atoms with Crippen molar-refractivity contribution in [3.63, 3.8) is 0 Å². The van der Waals surface area contributed by atoms with E-state index < -0.39 is 0 Å². The summed E-state index contributed by atoms with van der Waals surface area (Å²) in [5, 5.41) is 6.49. The first kappa shape index (κ1) is 24.9. The summed E-state index contributed by atoms with van der Waals surface area (Å²) >= 11 is 6.11. The second-order valence-electron chi connectivity index (χ2n) is 8.86. The van der Waals surface area contributed by atoms with Crippen LogP contribution < -0.4 is 10.6 Å². The van der Waals surface area contributed by atoms with Crippen molar-refractivity contribution in [1.82, 2.24) is 15.1 Å². The fourth-order valence-electron chi connectivity index (χ4n) is 4.23. The number of benzene rings is 3. The van der Waals surface area contributed by atoms with Gasteiger partial charge in [-0.15, -0.1) is 0 Å². The largest absolute Gasteiger partial charge is 0.348 e. The zero-order valence-corrected chi connectivity index (χ0v) is 20.7. The van der Waals surface area contributed by atoms with E-state index in [1.807, 2.05) is 37.3 Å². The molecule has 1 aliphatic rings. The van der Waals surface area contributed by atoms with E-state index in [0.717, 1.165) is 37.3 Å². The van der Waals surface area contributed by atoms with Gasteiger partial charge in [-0.25, -0.2) is 0 Å². The van der Waals surface area contributed by atoms with Crippen molar-refractivity contribution in [2.24, 2.45) is 0 Å². The smallest absolute Gasteiger partial charge is 0.238 e. The Bertz CT molecular complexity index is 1130. The molecule has 0 radical (unpaired) electrons. The van der Waals surface area contributed by atoms with Crippen LogP contribution in [0.4, 0.5) is 5.69 Å². The zero-order valence-electron chi connectivity index (χ0n) is 19.9. The summed E-state index contributed by atoms with van der Waals surface area (Å²) in [7, 11) is 0. The molecule has 6 nitrogen and oxygen atoms in total. The fraction of sp³-hybridized carbons (Fsp3) is 0.286. The molecule has 3 aromatic rings. The molecule has 0 bridgehead atoms. The Balaban J connectivity index is 1.19. The van der Waals surface area contributed by atoms with Gasteiger partial charge in [0, 0.05) is 26.2 Å². The van der Waals surface area contributed by atoms with E-state index in [4.69, 9.17) is 11.6 Å². The quantitative estimate of drug-likeness (QED) is 0.490. The summed E-state index contributed by atoms with van der Waals surface area (Å²) < 4.78 is 0. The summed E-state index contributed by atoms with van der Waals surface area (Å²) in [4.78, 5) is 29.2. The van der Waals surface area contributed by atoms with Crippen molar-refractivity contribution in [2.45, 2.75) is 13.0 Å². The molecule has 1 heterocycles. The summed E-state index contributed by atoms with van der Waals surface area (Å²) in [5.74, 6) is -0.0778. The highest BCUT2D eigenvalue weighted by Gasteiger charge is 2.21. The number of hydrogen-bond acceptors (Lipinski definition) is 4. The van der Waals surface area contributed by atoms with E-state index in [2.05, 4.69) is 56.8 Å². The average Bonchev–Trinajstić information content (AvgIpc) is 2.87. The molecule has 1 unspecified atom stereocenters. The molecule has 2 N–H and O–H groups in total. The molecule has 2 amide bonds. The maximum Gasteiger partial charge on any atom is 0.238 e. The summed E-state index contributed by atoms with van der Waals surface area (Å²) in [6.07, 6.45) is 0. The molecule has 0 saturated carbocycles. The lowest BCUT2D eigenvalue weighted by molar-refractivity contribution is -0.124. The summed E-state index contributed by atoms with van der Waals surface area (Å²) in [5.41, 5.74) is 4.04. The van der Waals surface area contributed by atoms with Crippen molar-refractivity contribution in [3.05, 3.63) is 89.4 Å². The van der Waals surface area contributed by atoms with E-state index in [0.29, 0.717) is 23.8 Å². The molecule has 1 atom stereocenters. The molecule has 3 aromatic carbocycles. The third-order valence-electron chi connectivity index (χ3n) is 6.24. The number of anilines is 1. The Morgan fingerprint density at radius 3 is 1.94 bits per heavy atom. The highest BCUT2D eigenvalue weighted by Crippen LogP contribution is 2.22. The van der Waals surface area contributed by atoms with E-state index in [1.165, 1.54) is 5.56 Å². The first-order valence-corrected chi connectivity index (χ1v) is 12.3. The number of piperazine rings is 1. The molecule has 0 spiro atoms. The molecule has 0 aromatic heterocycles. The zero-order chi connectivity index (χ0) is 24.6. The molecule has 1 saturated heterocycles. The number of amides is 2. The Labute approximate surface area is 211 Å². The standard InChI is InChI=1S/C28H31ClN4O2/c1-21(22-11-13-24(14-12-22)23-7-3-2-4-8-23)30-27(34)19-32-15-17-33(18-16-32)20-28(35)31-26-10-6-5-9-25(26)29/h2-14,21H,15-20H2,1H3,(H,30,34)(H,31,35). The predicted molar refractivity (Wildman–Crippen MR) is 141 cm³/mol. The number of nitrogens with zero attached hydrogens (tertiary/aromatic N) is 2. The molecule has 35 heavy (non-hydrogen) atoms. The van der Waals surface area contributed by atoms with Crippen LogP contribution in [-0.2, 0) is 9.59 Å². The maximum atomic E-state index is 12.6. The van der Waals surface area contributed by atoms with Crippen molar-refractivity contribution in [3.8, 4) is 11.1 Å². The van der Waals surface area contributed by atoms with Crippen LogP contribution in [0.15, 0.2) is 78.9 Å². The van der Waals surface area contributed by atoms with Crippen molar-refractivity contribution < 1.29 is 9.59 Å². The van der Waals surface area contributed by atoms with Gasteiger partial charge in [0.15, 0.2) is 0 Å². The lowest BCUT2D eigenvalue weighted by atomic mass is 10.0. The molecule has 1 aliphatic heterocycles. The normalized spacial score (nSPS) is 15.4. The third kappa shape index (κ3) is 7.15. The number of carbonyl (C=O) groups excluding carboxylic acids is 2. The van der Waals surface area contributed by atoms with Crippen molar-refractivity contribution in [2.75, 3.05) is 44.6 Å². The van der Waals surface area contributed by atoms with E-state index >= 15 is 0 Å². The average molecular weight is 491 g/mol. The van der Waals surface area contributed by atoms with Crippen molar-refractivity contribution >= 4 is 29.1 Å². The predicted octanol–water partition coefficient (Wildman–Crippen LogP) is 4.44. The Morgan fingerprint density at radius 1 is 0.771 bits per heavy atom. The second-order valence-corrected chi connectivity index (χ2v) is 9.26. The SMILES string of the molecule is CC(NC(=O)CN1CCN(CC(=O)Nc2ccccc2Cl)CC1)c1ccc(-c2ccccc2)cc1. The number of rotatable bonds is 8. The number of carbonyl (C=O) groups is 2. The van der Waals surface area contributed by atoms with Crippen LogP contribution in [0, 0.1) is 0 Å². The minimum absolute atomic E-state index is 0.00884. The van der Waals surface area contributed by atoms with Gasteiger partial charge in [-0.1, -0.05) is 78.3 Å². The van der Waals surface area contributed by atoms with Gasteiger partial charge < -0.3 is 10.6 Å². The van der Waals surface area contributed by atoms with Gasteiger partial charge in [0.2, 0.25) is 11.8 Å². The van der Waals surface area contributed by atoms with Gasteiger partial charge in [-0.2, -0.15) is 0 Å². The van der Waals surface area contributed by atoms with Crippen LogP contribution in [-0.4, -0.2) is 60.9 Å². The lowest BCUT2D eigenvalue weighted by Crippen LogP contribution is -2.51. The minimum Gasteiger partial charge on any atom is -0.348 e. The highest BCUT2D eigenvalue weighted by molar-refractivity contribution is 6.33. The topological polar surface area (TPSA) is 64.7 Å². The molecular weight excluding hydrogens is 460 g/mol. The number of nitrogens with one attached hydrogen (secondary N) is 2. The van der Waals surface area contributed by atoms with Crippen LogP contribution in [0.3, 0.4) is 0 Å². The molecule has 4 rings (SSSR count). The first-order chi connectivity index (χ1) is 17.0. The van der Waals surface area contributed by atoms with E-state index in [1.54, 1.807) is 12.1 Å². The van der Waals surface area contributed by atoms with E-state index in [9.17, 15) is 9.59 Å². The van der Waals surface area contributed by atoms with Crippen LogP contribution in [0.2, 0.25) is 5.02 Å². The molecule has 182 valence electrons. The monoisotopic (exact) mass is 490 g/mol. The van der Waals surface area contributed by atoms with Gasteiger partial charge in [0.25, 0.3) is 0 Å². The minimum atomic E-state index is -0.0867. The number of halogens is 1. The number of hydrogen-bond donors (Lipinski definition) is 2. The van der Waals surface area contributed by atoms with Gasteiger partial charge in [-0.05, 0) is 35.7 Å². The van der Waals surface area contributed by atoms with Crippen molar-refractivity contribution in [1.29, 1.82) is 0 Å². The molecule has 7 heteroatoms. The van der Waals surface area contributed by atoms with E-state index in [-0.39, 0.29) is 17.9 Å². The lowest BCUT2D eigenvalue weighted by Gasteiger charge is -2.34. The van der Waals surface area contributed by atoms with Crippen LogP contribution in [0.1, 0.15) is 18.5 Å². The van der Waals surface area contributed by atoms with Gasteiger partial charge in [0.05, 0.1) is 29.8 Å². The Hall–Kier alpha value is -3.19. The maximum absolute atomic E-state index is 12.6. The van der Waals surface area contributed by atoms with Crippen LogP contribution in [0.5, 0.6) is 0 Å². The Morgan fingerprint density at radius 2 is 1.31 bits per heavy atom. The second kappa shape index (κ2) is 12.0. The number of para-hydroxylation sites is 1. The third-order valence-corrected chi connectivity index (χ3v) is 6.57. The van der Waals surface area contributed by atoms with Gasteiger partial charge in [0.1, 0.15) is 0 Å². The summed E-state index contributed by atoms with van der Waals surface area (Å²) in [6.45, 7) is 5.62. The highest BCUT2D eigenvalue weighted by atomic mass is 35.5. The van der Waals surface area contributed by atoms with Crippen LogP contribution in [0.25, 0.3) is 11.1 Å². The van der Waals surface area contributed by atoms with Gasteiger partial charge >= 0.3 is 0 Å². The molecular formula is C28H31ClN4O2. The fourth-order valence-corrected chi connectivity index (χ4v) is 4.41.